The Balaban J connectivity index is 1.51. The fourth-order valence-electron chi connectivity index (χ4n) is 4.25. The second-order valence-corrected chi connectivity index (χ2v) is 8.68. The van der Waals surface area contributed by atoms with Crippen molar-refractivity contribution in [3.05, 3.63) is 106 Å². The number of rotatable bonds is 4. The molecule has 0 radical (unpaired) electrons. The molecule has 0 saturated carbocycles. The maximum atomic E-state index is 14.1. The van der Waals surface area contributed by atoms with Crippen LogP contribution in [0.3, 0.4) is 0 Å². The average Bonchev–Trinajstić information content (AvgIpc) is 3.64. The smallest absolute Gasteiger partial charge is 0.131 e. The second-order valence-electron chi connectivity index (χ2n) is 8.68. The number of aromatic amines is 2. The Morgan fingerprint density at radius 1 is 0.806 bits per heavy atom. The van der Waals surface area contributed by atoms with Gasteiger partial charge in [0.25, 0.3) is 0 Å². The maximum absolute atomic E-state index is 14.1. The van der Waals surface area contributed by atoms with Crippen molar-refractivity contribution in [2.45, 2.75) is 19.6 Å². The van der Waals surface area contributed by atoms with Crippen molar-refractivity contribution in [3.63, 3.8) is 0 Å². The van der Waals surface area contributed by atoms with Crippen molar-refractivity contribution in [2.24, 2.45) is 0 Å². The molecular weight excluding hydrogens is 458 g/mol. The first kappa shape index (κ1) is 21.0. The standard InChI is InChI=1S/C29H22F2N4O/c1-17(36-16-26-27(30)3-2-4-28(26)31)25-14-24-13-22-8-7-20(33-22)11-18-5-6-19(32-18)12-21-9-10-23(34-21)15-29(25)35-24/h2-15,17,33,35H,16H2,1H3/i14D. The molecule has 8 bridgehead atoms. The summed E-state index contributed by atoms with van der Waals surface area (Å²) in [5.41, 5.74) is 6.41. The van der Waals surface area contributed by atoms with Gasteiger partial charge in [0.05, 0.1) is 36.9 Å². The topological polar surface area (TPSA) is 66.6 Å². The van der Waals surface area contributed by atoms with Gasteiger partial charge in [-0.3, -0.25) is 0 Å². The van der Waals surface area contributed by atoms with Gasteiger partial charge in [0.1, 0.15) is 11.6 Å². The third-order valence-corrected chi connectivity index (χ3v) is 6.06. The van der Waals surface area contributed by atoms with Gasteiger partial charge in [-0.15, -0.1) is 0 Å². The lowest BCUT2D eigenvalue weighted by Gasteiger charge is -2.13. The molecule has 1 atom stereocenters. The SMILES string of the molecule is [2H]c1c(C(C)OCc2c(F)cccc2F)c2cc3nc(cc4nc(cc5ccc(cc1[nH]2)[nH]5)C=C4)C=C3. The number of aromatic nitrogens is 4. The maximum Gasteiger partial charge on any atom is 0.131 e. The van der Waals surface area contributed by atoms with E-state index < -0.39 is 17.7 Å². The van der Waals surface area contributed by atoms with Crippen molar-refractivity contribution in [3.8, 4) is 0 Å². The second kappa shape index (κ2) is 9.02. The highest BCUT2D eigenvalue weighted by Gasteiger charge is 2.15. The third kappa shape index (κ3) is 4.48. The predicted molar refractivity (Wildman–Crippen MR) is 138 cm³/mol. The van der Waals surface area contributed by atoms with E-state index in [0.717, 1.165) is 28.1 Å². The number of nitrogens with zero attached hydrogens (tertiary/aromatic N) is 2. The normalized spacial score (nSPS) is 13.7. The molecule has 0 fully saturated rings. The fourth-order valence-corrected chi connectivity index (χ4v) is 4.25. The molecule has 1 aromatic carbocycles. The van der Waals surface area contributed by atoms with Gasteiger partial charge in [0.15, 0.2) is 0 Å². The quantitative estimate of drug-likeness (QED) is 0.280. The van der Waals surface area contributed by atoms with Crippen LogP contribution in [0.5, 0.6) is 0 Å². The molecule has 1 unspecified atom stereocenters. The van der Waals surface area contributed by atoms with Gasteiger partial charge in [-0.25, -0.2) is 18.7 Å². The molecule has 3 aromatic heterocycles. The summed E-state index contributed by atoms with van der Waals surface area (Å²) in [4.78, 5) is 15.9. The van der Waals surface area contributed by atoms with Crippen LogP contribution in [0.4, 0.5) is 8.78 Å². The summed E-state index contributed by atoms with van der Waals surface area (Å²) >= 11 is 0. The zero-order valence-electron chi connectivity index (χ0n) is 20.3. The molecule has 178 valence electrons. The van der Waals surface area contributed by atoms with E-state index in [4.69, 9.17) is 6.11 Å². The van der Waals surface area contributed by atoms with E-state index in [-0.39, 0.29) is 18.2 Å². The van der Waals surface area contributed by atoms with Gasteiger partial charge in [-0.2, -0.15) is 0 Å². The number of fused-ring (bicyclic) bond motifs is 8. The molecule has 0 amide bonds. The minimum absolute atomic E-state index is 0.142. The Labute approximate surface area is 207 Å². The van der Waals surface area contributed by atoms with Crippen LogP contribution in [0.25, 0.3) is 46.4 Å². The summed E-state index contributed by atoms with van der Waals surface area (Å²) in [7, 11) is 0. The molecule has 36 heavy (non-hydrogen) atoms. The van der Waals surface area contributed by atoms with Crippen LogP contribution in [0, 0.1) is 11.6 Å². The number of hydrogen-bond acceptors (Lipinski definition) is 3. The summed E-state index contributed by atoms with van der Waals surface area (Å²) in [6.45, 7) is 1.50. The van der Waals surface area contributed by atoms with Crippen molar-refractivity contribution in [2.75, 3.05) is 0 Å². The number of halogens is 2. The highest BCUT2D eigenvalue weighted by molar-refractivity contribution is 5.78. The Morgan fingerprint density at radius 2 is 1.42 bits per heavy atom. The van der Waals surface area contributed by atoms with E-state index in [9.17, 15) is 8.78 Å². The van der Waals surface area contributed by atoms with Crippen LogP contribution < -0.4 is 0 Å². The summed E-state index contributed by atoms with van der Waals surface area (Å²) in [6, 6.07) is 15.4. The van der Waals surface area contributed by atoms with Gasteiger partial charge >= 0.3 is 0 Å². The number of H-pyrrole nitrogens is 2. The number of nitrogens with one attached hydrogen (secondary N) is 2. The molecule has 7 heteroatoms. The molecule has 4 aromatic rings. The first-order chi connectivity index (χ1) is 17.9. The Morgan fingerprint density at radius 3 is 2.11 bits per heavy atom. The van der Waals surface area contributed by atoms with E-state index in [0.29, 0.717) is 22.3 Å². The van der Waals surface area contributed by atoms with E-state index in [2.05, 4.69) is 19.9 Å². The van der Waals surface area contributed by atoms with Crippen LogP contribution in [0.1, 0.15) is 48.3 Å². The Hall–Kier alpha value is -4.36. The van der Waals surface area contributed by atoms with Crippen molar-refractivity contribution in [1.82, 2.24) is 19.9 Å². The summed E-state index contributed by atoms with van der Waals surface area (Å²) in [6.07, 6.45) is 7.05. The third-order valence-electron chi connectivity index (χ3n) is 6.06. The molecule has 5 nitrogen and oxygen atoms in total. The van der Waals surface area contributed by atoms with Gasteiger partial charge in [0.2, 0.25) is 0 Å². The zero-order valence-corrected chi connectivity index (χ0v) is 19.3. The lowest BCUT2D eigenvalue weighted by atomic mass is 10.1. The van der Waals surface area contributed by atoms with Crippen LogP contribution in [-0.2, 0) is 11.3 Å². The van der Waals surface area contributed by atoms with Gasteiger partial charge in [0, 0.05) is 33.2 Å². The van der Waals surface area contributed by atoms with E-state index in [1.165, 1.54) is 18.2 Å². The lowest BCUT2D eigenvalue weighted by Crippen LogP contribution is -2.03. The largest absolute Gasteiger partial charge is 0.369 e. The molecule has 2 aliphatic heterocycles. The van der Waals surface area contributed by atoms with Crippen LogP contribution in [-0.4, -0.2) is 19.9 Å². The molecule has 0 aliphatic carbocycles. The van der Waals surface area contributed by atoms with Crippen molar-refractivity contribution < 1.29 is 14.9 Å². The number of ether oxygens (including phenoxy) is 1. The minimum atomic E-state index is -0.666. The van der Waals surface area contributed by atoms with E-state index in [1.807, 2.05) is 60.7 Å². The fraction of sp³-hybridized carbons (Fsp3) is 0.103. The van der Waals surface area contributed by atoms with Gasteiger partial charge in [-0.05, 0) is 85.8 Å². The Bertz CT molecular complexity index is 1730. The first-order valence-corrected chi connectivity index (χ1v) is 11.6. The van der Waals surface area contributed by atoms with Crippen LogP contribution >= 0.6 is 0 Å². The molecule has 2 aliphatic rings. The van der Waals surface area contributed by atoms with Crippen molar-refractivity contribution in [1.29, 1.82) is 0 Å². The monoisotopic (exact) mass is 481 g/mol. The zero-order chi connectivity index (χ0) is 25.5. The van der Waals surface area contributed by atoms with Crippen LogP contribution in [0.2, 0.25) is 0 Å². The molecule has 0 saturated heterocycles. The van der Waals surface area contributed by atoms with Gasteiger partial charge in [-0.1, -0.05) is 6.07 Å². The number of hydrogen-bond donors (Lipinski definition) is 2. The highest BCUT2D eigenvalue weighted by atomic mass is 19.1. The first-order valence-electron chi connectivity index (χ1n) is 12.1. The molecular formula is C29H22F2N4O. The van der Waals surface area contributed by atoms with E-state index >= 15 is 0 Å². The number of benzene rings is 1. The molecule has 5 heterocycles. The average molecular weight is 482 g/mol. The predicted octanol–water partition coefficient (Wildman–Crippen LogP) is 7.21. The molecule has 6 rings (SSSR count). The Kier molecular flexibility index (Phi) is 5.25. The minimum Gasteiger partial charge on any atom is -0.369 e. The highest BCUT2D eigenvalue weighted by Crippen LogP contribution is 2.27. The molecule has 2 N–H and O–H groups in total. The van der Waals surface area contributed by atoms with Crippen molar-refractivity contribution >= 4 is 46.4 Å². The molecule has 0 spiro atoms. The van der Waals surface area contributed by atoms with E-state index in [1.54, 1.807) is 6.92 Å². The lowest BCUT2D eigenvalue weighted by molar-refractivity contribution is 0.0500. The summed E-state index contributed by atoms with van der Waals surface area (Å²) < 4.78 is 43.1. The van der Waals surface area contributed by atoms with Crippen LogP contribution in [0.15, 0.2) is 60.6 Å². The van der Waals surface area contributed by atoms with Gasteiger partial charge < -0.3 is 14.7 Å². The summed E-state index contributed by atoms with van der Waals surface area (Å²) in [5, 5.41) is 0. The summed E-state index contributed by atoms with van der Waals surface area (Å²) in [5.74, 6) is -1.33.